The Morgan fingerprint density at radius 1 is 1.41 bits per heavy atom. The molecule has 1 aromatic heterocycles. The van der Waals surface area contributed by atoms with E-state index in [0.29, 0.717) is 11.7 Å². The number of nitrogens with two attached hydrogens (primary N) is 1. The van der Waals surface area contributed by atoms with Gasteiger partial charge in [-0.05, 0) is 36.7 Å². The van der Waals surface area contributed by atoms with E-state index in [-0.39, 0.29) is 5.41 Å². The number of aliphatic hydroxyl groups is 1. The molecule has 1 heterocycles. The smallest absolute Gasteiger partial charge is 0.129 e. The van der Waals surface area contributed by atoms with Crippen molar-refractivity contribution in [3.8, 4) is 0 Å². The van der Waals surface area contributed by atoms with Gasteiger partial charge in [0.05, 0.1) is 5.60 Å². The summed E-state index contributed by atoms with van der Waals surface area (Å²) in [6.07, 6.45) is 4.33. The van der Waals surface area contributed by atoms with Crippen LogP contribution in [-0.2, 0) is 5.60 Å². The highest BCUT2D eigenvalue weighted by Crippen LogP contribution is 2.49. The summed E-state index contributed by atoms with van der Waals surface area (Å²) in [6.45, 7) is 6.61. The highest BCUT2D eigenvalue weighted by molar-refractivity contribution is 5.43. The van der Waals surface area contributed by atoms with Crippen LogP contribution in [0.5, 0.6) is 0 Å². The molecule has 0 amide bonds. The standard InChI is InChI=1S/C14H22N2O/c1-10-7-13(2,3)9-14(17,8-10)11-5-4-6-16-12(11)15/h4-6,10,17H,7-9H2,1-3H3,(H2,15,16). The summed E-state index contributed by atoms with van der Waals surface area (Å²) in [5.74, 6) is 0.961. The second-order valence-electron chi connectivity index (χ2n) is 6.32. The number of hydrogen-bond acceptors (Lipinski definition) is 3. The van der Waals surface area contributed by atoms with Gasteiger partial charge in [0.15, 0.2) is 0 Å². The first-order chi connectivity index (χ1) is 7.82. The lowest BCUT2D eigenvalue weighted by atomic mass is 9.64. The lowest BCUT2D eigenvalue weighted by Gasteiger charge is -2.45. The highest BCUT2D eigenvalue weighted by atomic mass is 16.3. The van der Waals surface area contributed by atoms with Gasteiger partial charge in [0.2, 0.25) is 0 Å². The van der Waals surface area contributed by atoms with Crippen LogP contribution in [0.15, 0.2) is 18.3 Å². The summed E-state index contributed by atoms with van der Waals surface area (Å²) < 4.78 is 0. The zero-order valence-corrected chi connectivity index (χ0v) is 10.9. The second kappa shape index (κ2) is 3.98. The third kappa shape index (κ3) is 2.44. The lowest BCUT2D eigenvalue weighted by molar-refractivity contribution is -0.0631. The van der Waals surface area contributed by atoms with Gasteiger partial charge in [-0.3, -0.25) is 0 Å². The molecule has 2 unspecified atom stereocenters. The van der Waals surface area contributed by atoms with Crippen molar-refractivity contribution in [3.63, 3.8) is 0 Å². The first-order valence-corrected chi connectivity index (χ1v) is 6.26. The van der Waals surface area contributed by atoms with Crippen LogP contribution in [0, 0.1) is 11.3 Å². The minimum absolute atomic E-state index is 0.148. The second-order valence-corrected chi connectivity index (χ2v) is 6.32. The zero-order chi connectivity index (χ0) is 12.7. The van der Waals surface area contributed by atoms with Gasteiger partial charge in [0, 0.05) is 11.8 Å². The molecule has 1 aliphatic rings. The molecule has 3 nitrogen and oxygen atoms in total. The van der Waals surface area contributed by atoms with E-state index in [0.717, 1.165) is 24.8 Å². The van der Waals surface area contributed by atoms with E-state index in [1.165, 1.54) is 0 Å². The Kier molecular flexibility index (Phi) is 2.90. The fourth-order valence-corrected chi connectivity index (χ4v) is 3.54. The van der Waals surface area contributed by atoms with Crippen molar-refractivity contribution in [2.75, 3.05) is 5.73 Å². The van der Waals surface area contributed by atoms with Crippen molar-refractivity contribution in [2.24, 2.45) is 11.3 Å². The van der Waals surface area contributed by atoms with E-state index >= 15 is 0 Å². The Bertz CT molecular complexity index is 416. The maximum Gasteiger partial charge on any atom is 0.129 e. The molecule has 1 aromatic rings. The van der Waals surface area contributed by atoms with Gasteiger partial charge in [-0.1, -0.05) is 26.8 Å². The number of aromatic nitrogens is 1. The largest absolute Gasteiger partial charge is 0.385 e. The fraction of sp³-hybridized carbons (Fsp3) is 0.643. The molecule has 1 fully saturated rings. The molecule has 0 spiro atoms. The van der Waals surface area contributed by atoms with Crippen molar-refractivity contribution < 1.29 is 5.11 Å². The molecule has 2 rings (SSSR count). The number of rotatable bonds is 1. The number of nitrogen functional groups attached to an aromatic ring is 1. The van der Waals surface area contributed by atoms with Gasteiger partial charge in [-0.2, -0.15) is 0 Å². The SMILES string of the molecule is CC1CC(C)(C)CC(O)(c2cccnc2N)C1. The Balaban J connectivity index is 2.39. The molecule has 0 radical (unpaired) electrons. The van der Waals surface area contributed by atoms with Crippen LogP contribution in [0.25, 0.3) is 0 Å². The molecule has 1 aliphatic carbocycles. The molecule has 0 aromatic carbocycles. The van der Waals surface area contributed by atoms with Crippen molar-refractivity contribution in [3.05, 3.63) is 23.9 Å². The first kappa shape index (κ1) is 12.4. The third-order valence-electron chi connectivity index (χ3n) is 3.70. The summed E-state index contributed by atoms with van der Waals surface area (Å²) in [5.41, 5.74) is 6.02. The molecular weight excluding hydrogens is 212 g/mol. The van der Waals surface area contributed by atoms with Crippen LogP contribution in [0.1, 0.15) is 45.6 Å². The van der Waals surface area contributed by atoms with E-state index in [4.69, 9.17) is 5.73 Å². The van der Waals surface area contributed by atoms with Crippen LogP contribution in [0.4, 0.5) is 5.82 Å². The average Bonchev–Trinajstić information content (AvgIpc) is 2.13. The molecule has 94 valence electrons. The minimum atomic E-state index is -0.820. The van der Waals surface area contributed by atoms with Crippen LogP contribution >= 0.6 is 0 Å². The minimum Gasteiger partial charge on any atom is -0.385 e. The van der Waals surface area contributed by atoms with Crippen LogP contribution < -0.4 is 5.73 Å². The number of anilines is 1. The Hall–Kier alpha value is -1.09. The fourth-order valence-electron chi connectivity index (χ4n) is 3.54. The van der Waals surface area contributed by atoms with Gasteiger partial charge in [0.1, 0.15) is 5.82 Å². The number of hydrogen-bond donors (Lipinski definition) is 2. The van der Waals surface area contributed by atoms with Gasteiger partial charge >= 0.3 is 0 Å². The van der Waals surface area contributed by atoms with Gasteiger partial charge < -0.3 is 10.8 Å². The molecule has 2 atom stereocenters. The summed E-state index contributed by atoms with van der Waals surface area (Å²) in [4.78, 5) is 4.09. The van der Waals surface area contributed by atoms with E-state index < -0.39 is 5.60 Å². The molecule has 0 bridgehead atoms. The zero-order valence-electron chi connectivity index (χ0n) is 10.9. The van der Waals surface area contributed by atoms with E-state index in [2.05, 4.69) is 25.8 Å². The van der Waals surface area contributed by atoms with Crippen LogP contribution in [0.3, 0.4) is 0 Å². The molecular formula is C14H22N2O. The normalized spacial score (nSPS) is 32.4. The van der Waals surface area contributed by atoms with Gasteiger partial charge in [0.25, 0.3) is 0 Å². The number of nitrogens with zero attached hydrogens (tertiary/aromatic N) is 1. The monoisotopic (exact) mass is 234 g/mol. The number of pyridine rings is 1. The Morgan fingerprint density at radius 2 is 2.12 bits per heavy atom. The van der Waals surface area contributed by atoms with Crippen LogP contribution in [-0.4, -0.2) is 10.1 Å². The maximum absolute atomic E-state index is 10.9. The van der Waals surface area contributed by atoms with Crippen molar-refractivity contribution in [1.29, 1.82) is 0 Å². The van der Waals surface area contributed by atoms with E-state index in [9.17, 15) is 5.11 Å². The topological polar surface area (TPSA) is 59.1 Å². The predicted molar refractivity (Wildman–Crippen MR) is 69.3 cm³/mol. The molecule has 0 saturated heterocycles. The predicted octanol–water partition coefficient (Wildman–Crippen LogP) is 2.70. The van der Waals surface area contributed by atoms with Crippen LogP contribution in [0.2, 0.25) is 0 Å². The van der Waals surface area contributed by atoms with Crippen molar-refractivity contribution in [1.82, 2.24) is 4.98 Å². The molecule has 3 N–H and O–H groups in total. The van der Waals surface area contributed by atoms with Gasteiger partial charge in [-0.25, -0.2) is 4.98 Å². The molecule has 1 saturated carbocycles. The Labute approximate surface area is 103 Å². The maximum atomic E-state index is 10.9. The summed E-state index contributed by atoms with van der Waals surface area (Å²) in [5, 5.41) is 10.9. The molecule has 3 heteroatoms. The highest BCUT2D eigenvalue weighted by Gasteiger charge is 2.43. The van der Waals surface area contributed by atoms with Gasteiger partial charge in [-0.15, -0.1) is 0 Å². The molecule has 17 heavy (non-hydrogen) atoms. The quantitative estimate of drug-likeness (QED) is 0.785. The van der Waals surface area contributed by atoms with E-state index in [1.807, 2.05) is 12.1 Å². The summed E-state index contributed by atoms with van der Waals surface area (Å²) in [6, 6.07) is 3.74. The van der Waals surface area contributed by atoms with Crippen molar-refractivity contribution in [2.45, 2.75) is 45.6 Å². The lowest BCUT2D eigenvalue weighted by Crippen LogP contribution is -2.40. The van der Waals surface area contributed by atoms with Crippen molar-refractivity contribution >= 4 is 5.82 Å². The first-order valence-electron chi connectivity index (χ1n) is 6.26. The van der Waals surface area contributed by atoms with E-state index in [1.54, 1.807) is 6.20 Å². The summed E-state index contributed by atoms with van der Waals surface area (Å²) >= 11 is 0. The summed E-state index contributed by atoms with van der Waals surface area (Å²) in [7, 11) is 0. The average molecular weight is 234 g/mol. The Morgan fingerprint density at radius 3 is 2.71 bits per heavy atom. The third-order valence-corrected chi connectivity index (χ3v) is 3.70. The molecule has 0 aliphatic heterocycles.